The van der Waals surface area contributed by atoms with Crippen LogP contribution >= 0.6 is 23.8 Å². The first-order valence-corrected chi connectivity index (χ1v) is 9.91. The van der Waals surface area contributed by atoms with E-state index in [2.05, 4.69) is 20.1 Å². The lowest BCUT2D eigenvalue weighted by Gasteiger charge is -2.36. The predicted molar refractivity (Wildman–Crippen MR) is 119 cm³/mol. The standard InChI is InChI=1S/C19H17ClN6O3S/c20-12-1-6-16-15(11-12)17(18(27)21-16)22-23-19(30)25-9-7-24(8-10-25)13-2-4-14(5-3-13)26(28)29/h1-6,11,21,27H,7-10H2. The maximum Gasteiger partial charge on any atom is 0.269 e. The summed E-state index contributed by atoms with van der Waals surface area (Å²) in [6.45, 7) is 2.67. The lowest BCUT2D eigenvalue weighted by Crippen LogP contribution is -2.47. The maximum absolute atomic E-state index is 10.8. The van der Waals surface area contributed by atoms with Crippen LogP contribution in [0.1, 0.15) is 0 Å². The molecule has 3 aromatic rings. The molecule has 0 saturated carbocycles. The Kier molecular flexibility index (Phi) is 5.51. The number of nitrogens with zero attached hydrogens (tertiary/aromatic N) is 5. The van der Waals surface area contributed by atoms with Gasteiger partial charge < -0.3 is 19.9 Å². The number of nitro benzene ring substituents is 1. The first kappa shape index (κ1) is 20.0. The second-order valence-corrected chi connectivity index (χ2v) is 7.54. The van der Waals surface area contributed by atoms with E-state index >= 15 is 0 Å². The Bertz CT molecular complexity index is 1140. The van der Waals surface area contributed by atoms with Crippen LogP contribution in [0.2, 0.25) is 5.02 Å². The molecule has 0 bridgehead atoms. The molecular formula is C19H17ClN6O3S. The minimum absolute atomic E-state index is 0.0702. The van der Waals surface area contributed by atoms with Crippen LogP contribution in [0, 0.1) is 10.1 Å². The van der Waals surface area contributed by atoms with Crippen molar-refractivity contribution in [3.63, 3.8) is 0 Å². The van der Waals surface area contributed by atoms with Crippen LogP contribution in [0.15, 0.2) is 52.7 Å². The summed E-state index contributed by atoms with van der Waals surface area (Å²) in [6, 6.07) is 11.7. The van der Waals surface area contributed by atoms with Crippen molar-refractivity contribution in [3.8, 4) is 5.88 Å². The number of aromatic nitrogens is 1. The molecule has 0 unspecified atom stereocenters. The minimum Gasteiger partial charge on any atom is -0.493 e. The Morgan fingerprint density at radius 3 is 2.53 bits per heavy atom. The number of thiocarbonyl (C=S) groups is 1. The van der Waals surface area contributed by atoms with E-state index in [-0.39, 0.29) is 11.6 Å². The number of fused-ring (bicyclic) bond motifs is 1. The molecule has 0 radical (unpaired) electrons. The van der Waals surface area contributed by atoms with Gasteiger partial charge in [-0.3, -0.25) is 10.1 Å². The van der Waals surface area contributed by atoms with E-state index in [1.54, 1.807) is 30.3 Å². The first-order valence-electron chi connectivity index (χ1n) is 9.12. The SMILES string of the molecule is O=[N+]([O-])c1ccc(N2CCN(C(=S)N=Nc3c(O)[nH]c4ccc(Cl)cc34)CC2)cc1. The number of rotatable bonds is 3. The fourth-order valence-corrected chi connectivity index (χ4v) is 3.73. The van der Waals surface area contributed by atoms with Crippen molar-refractivity contribution in [3.05, 3.63) is 57.6 Å². The molecule has 2 N–H and O–H groups in total. The maximum atomic E-state index is 10.8. The summed E-state index contributed by atoms with van der Waals surface area (Å²) < 4.78 is 0. The van der Waals surface area contributed by atoms with Crippen LogP contribution in [0.25, 0.3) is 10.9 Å². The number of hydrogen-bond donors (Lipinski definition) is 2. The highest BCUT2D eigenvalue weighted by molar-refractivity contribution is 7.80. The van der Waals surface area contributed by atoms with E-state index < -0.39 is 4.92 Å². The Hall–Kier alpha value is -3.24. The van der Waals surface area contributed by atoms with Crippen molar-refractivity contribution in [2.24, 2.45) is 10.2 Å². The fourth-order valence-electron chi connectivity index (χ4n) is 3.33. The molecule has 30 heavy (non-hydrogen) atoms. The molecule has 4 rings (SSSR count). The molecule has 2 aromatic carbocycles. The molecule has 1 saturated heterocycles. The number of H-pyrrole nitrogens is 1. The van der Waals surface area contributed by atoms with Gasteiger partial charge in [-0.15, -0.1) is 10.2 Å². The molecule has 11 heteroatoms. The van der Waals surface area contributed by atoms with E-state index in [0.29, 0.717) is 52.9 Å². The van der Waals surface area contributed by atoms with Crippen LogP contribution in [0.4, 0.5) is 17.1 Å². The minimum atomic E-state index is -0.412. The Labute approximate surface area is 181 Å². The average Bonchev–Trinajstić information content (AvgIpc) is 3.06. The molecule has 1 aliphatic heterocycles. The Morgan fingerprint density at radius 2 is 1.87 bits per heavy atom. The van der Waals surface area contributed by atoms with Crippen molar-refractivity contribution >= 4 is 56.9 Å². The topological polar surface area (TPSA) is 110 Å². The number of anilines is 1. The van der Waals surface area contributed by atoms with Crippen molar-refractivity contribution in [1.82, 2.24) is 9.88 Å². The third-order valence-electron chi connectivity index (χ3n) is 4.93. The highest BCUT2D eigenvalue weighted by atomic mass is 35.5. The third-order valence-corrected chi connectivity index (χ3v) is 5.50. The van der Waals surface area contributed by atoms with Gasteiger partial charge in [0.25, 0.3) is 5.69 Å². The van der Waals surface area contributed by atoms with Crippen molar-refractivity contribution in [1.29, 1.82) is 0 Å². The van der Waals surface area contributed by atoms with Crippen molar-refractivity contribution in [2.45, 2.75) is 0 Å². The molecule has 0 atom stereocenters. The number of aromatic hydroxyl groups is 1. The first-order chi connectivity index (χ1) is 14.4. The highest BCUT2D eigenvalue weighted by Gasteiger charge is 2.20. The summed E-state index contributed by atoms with van der Waals surface area (Å²) in [7, 11) is 0. The van der Waals surface area contributed by atoms with Gasteiger partial charge in [0.1, 0.15) is 0 Å². The van der Waals surface area contributed by atoms with E-state index in [1.807, 2.05) is 4.90 Å². The monoisotopic (exact) mass is 444 g/mol. The molecule has 0 amide bonds. The Morgan fingerprint density at radius 1 is 1.17 bits per heavy atom. The number of nitro groups is 1. The fraction of sp³-hybridized carbons (Fsp3) is 0.211. The van der Waals surface area contributed by atoms with E-state index in [9.17, 15) is 15.2 Å². The largest absolute Gasteiger partial charge is 0.493 e. The molecule has 0 spiro atoms. The van der Waals surface area contributed by atoms with Crippen LogP contribution in [-0.4, -0.2) is 51.2 Å². The molecule has 1 fully saturated rings. The van der Waals surface area contributed by atoms with Crippen LogP contribution < -0.4 is 4.90 Å². The summed E-state index contributed by atoms with van der Waals surface area (Å²) >= 11 is 11.4. The second-order valence-electron chi connectivity index (χ2n) is 6.74. The lowest BCUT2D eigenvalue weighted by atomic mass is 10.2. The number of aromatic amines is 1. The van der Waals surface area contributed by atoms with Gasteiger partial charge >= 0.3 is 0 Å². The molecule has 2 heterocycles. The van der Waals surface area contributed by atoms with Crippen molar-refractivity contribution < 1.29 is 10.0 Å². The van der Waals surface area contributed by atoms with Gasteiger partial charge in [-0.1, -0.05) is 11.6 Å². The summed E-state index contributed by atoms with van der Waals surface area (Å²) in [4.78, 5) is 17.3. The molecule has 1 aliphatic rings. The molecular weight excluding hydrogens is 428 g/mol. The van der Waals surface area contributed by atoms with Crippen LogP contribution in [-0.2, 0) is 0 Å². The lowest BCUT2D eigenvalue weighted by molar-refractivity contribution is -0.384. The van der Waals surface area contributed by atoms with Gasteiger partial charge in [0.15, 0.2) is 5.69 Å². The van der Waals surface area contributed by atoms with Crippen LogP contribution in [0.5, 0.6) is 5.88 Å². The van der Waals surface area contributed by atoms with Gasteiger partial charge in [0.05, 0.1) is 10.4 Å². The zero-order chi connectivity index (χ0) is 21.3. The van der Waals surface area contributed by atoms with Gasteiger partial charge in [-0.05, 0) is 42.5 Å². The number of halogens is 1. The molecule has 1 aromatic heterocycles. The Balaban J connectivity index is 1.41. The third kappa shape index (κ3) is 4.05. The van der Waals surface area contributed by atoms with E-state index in [0.717, 1.165) is 5.69 Å². The summed E-state index contributed by atoms with van der Waals surface area (Å²) in [5.74, 6) is -0.0955. The number of benzene rings is 2. The zero-order valence-electron chi connectivity index (χ0n) is 15.7. The smallest absolute Gasteiger partial charge is 0.269 e. The number of hydrogen-bond acceptors (Lipinski definition) is 6. The van der Waals surface area contributed by atoms with Gasteiger partial charge in [0.2, 0.25) is 11.0 Å². The van der Waals surface area contributed by atoms with Gasteiger partial charge in [-0.25, -0.2) is 0 Å². The van der Waals surface area contributed by atoms with E-state index in [4.69, 9.17) is 23.8 Å². The molecule has 9 nitrogen and oxygen atoms in total. The predicted octanol–water partition coefficient (Wildman–Crippen LogP) is 4.63. The van der Waals surface area contributed by atoms with Crippen LogP contribution in [0.3, 0.4) is 0 Å². The normalized spacial score (nSPS) is 14.6. The zero-order valence-corrected chi connectivity index (χ0v) is 17.2. The summed E-state index contributed by atoms with van der Waals surface area (Å²) in [6.07, 6.45) is 0. The highest BCUT2D eigenvalue weighted by Crippen LogP contribution is 2.36. The number of nitrogens with one attached hydrogen (secondary N) is 1. The number of non-ortho nitro benzene ring substituents is 1. The second kappa shape index (κ2) is 8.25. The van der Waals surface area contributed by atoms with Crippen molar-refractivity contribution in [2.75, 3.05) is 31.1 Å². The van der Waals surface area contributed by atoms with Gasteiger partial charge in [-0.2, -0.15) is 0 Å². The summed E-state index contributed by atoms with van der Waals surface area (Å²) in [5, 5.41) is 30.7. The molecule has 154 valence electrons. The van der Waals surface area contributed by atoms with E-state index in [1.165, 1.54) is 12.1 Å². The quantitative estimate of drug-likeness (QED) is 0.264. The number of piperazine rings is 1. The summed E-state index contributed by atoms with van der Waals surface area (Å²) in [5.41, 5.74) is 1.99. The average molecular weight is 445 g/mol. The molecule has 0 aliphatic carbocycles. The van der Waals surface area contributed by atoms with Gasteiger partial charge in [0, 0.05) is 54.4 Å². The number of azo groups is 1.